The largest absolute Gasteiger partial charge is 0.459 e. The van der Waals surface area contributed by atoms with Crippen LogP contribution in [0.3, 0.4) is 0 Å². The molecular formula is C13H14BrNO2. The zero-order chi connectivity index (χ0) is 13.1. The van der Waals surface area contributed by atoms with E-state index >= 15 is 0 Å². The molecule has 0 aliphatic heterocycles. The minimum absolute atomic E-state index is 0.516. The molecule has 90 valence electrons. The Kier molecular flexibility index (Phi) is 4.30. The molecule has 1 aromatic carbocycles. The molecule has 1 unspecified atom stereocenters. The molecule has 0 spiro atoms. The number of hydrogen-bond donors (Lipinski definition) is 0. The number of benzene rings is 1. The van der Waals surface area contributed by atoms with Crippen molar-refractivity contribution in [2.24, 2.45) is 0 Å². The molecule has 0 aliphatic carbocycles. The summed E-state index contributed by atoms with van der Waals surface area (Å²) >= 11 is 3.31. The molecule has 0 aromatic heterocycles. The Hall–Kier alpha value is -1.34. The molecule has 1 aromatic rings. The molecule has 0 fully saturated rings. The molecule has 1 atom stereocenters. The lowest BCUT2D eigenvalue weighted by molar-refractivity contribution is -0.155. The molecule has 0 radical (unpaired) electrons. The predicted molar refractivity (Wildman–Crippen MR) is 68.3 cm³/mol. The van der Waals surface area contributed by atoms with Gasteiger partial charge in [0, 0.05) is 4.47 Å². The van der Waals surface area contributed by atoms with Gasteiger partial charge in [-0.3, -0.25) is 4.79 Å². The van der Waals surface area contributed by atoms with Gasteiger partial charge in [-0.15, -0.1) is 0 Å². The zero-order valence-corrected chi connectivity index (χ0v) is 11.6. The van der Waals surface area contributed by atoms with Crippen molar-refractivity contribution in [3.63, 3.8) is 0 Å². The van der Waals surface area contributed by atoms with Crippen LogP contribution in [0, 0.1) is 11.3 Å². The van der Waals surface area contributed by atoms with Gasteiger partial charge in [-0.2, -0.15) is 5.26 Å². The Morgan fingerprint density at radius 3 is 2.59 bits per heavy atom. The maximum atomic E-state index is 11.8. The van der Waals surface area contributed by atoms with Gasteiger partial charge in [0.15, 0.2) is 5.92 Å². The van der Waals surface area contributed by atoms with E-state index in [9.17, 15) is 4.79 Å². The molecule has 0 bridgehead atoms. The second-order valence-corrected chi connectivity index (χ2v) is 5.57. The fourth-order valence-electron chi connectivity index (χ4n) is 1.31. The third kappa shape index (κ3) is 4.20. The number of carbonyl (C=O) groups is 1. The van der Waals surface area contributed by atoms with Gasteiger partial charge >= 0.3 is 5.97 Å². The number of ether oxygens (including phenoxy) is 1. The monoisotopic (exact) mass is 295 g/mol. The lowest BCUT2D eigenvalue weighted by Crippen LogP contribution is -2.27. The first kappa shape index (κ1) is 13.7. The third-order valence-corrected chi connectivity index (χ3v) is 2.45. The Balaban J connectivity index is 2.94. The summed E-state index contributed by atoms with van der Waals surface area (Å²) in [5, 5.41) is 9.07. The van der Waals surface area contributed by atoms with Crippen molar-refractivity contribution in [2.75, 3.05) is 0 Å². The van der Waals surface area contributed by atoms with E-state index in [4.69, 9.17) is 10.00 Å². The van der Waals surface area contributed by atoms with E-state index in [1.54, 1.807) is 39.0 Å². The number of nitrogens with zero attached hydrogens (tertiary/aromatic N) is 1. The van der Waals surface area contributed by atoms with Crippen molar-refractivity contribution in [1.29, 1.82) is 5.26 Å². The van der Waals surface area contributed by atoms with Crippen molar-refractivity contribution >= 4 is 21.9 Å². The molecule has 3 nitrogen and oxygen atoms in total. The summed E-state index contributed by atoms with van der Waals surface area (Å²) in [6.07, 6.45) is 0. The highest BCUT2D eigenvalue weighted by Gasteiger charge is 2.26. The van der Waals surface area contributed by atoms with Crippen LogP contribution in [0.1, 0.15) is 32.3 Å². The Labute approximate surface area is 110 Å². The van der Waals surface area contributed by atoms with Crippen LogP contribution in [0.15, 0.2) is 28.7 Å². The highest BCUT2D eigenvalue weighted by Crippen LogP contribution is 2.22. The maximum absolute atomic E-state index is 11.8. The second kappa shape index (κ2) is 5.33. The first-order chi connectivity index (χ1) is 7.83. The van der Waals surface area contributed by atoms with Crippen LogP contribution < -0.4 is 0 Å². The van der Waals surface area contributed by atoms with Crippen LogP contribution in [-0.4, -0.2) is 11.6 Å². The number of rotatable bonds is 2. The summed E-state index contributed by atoms with van der Waals surface area (Å²) in [7, 11) is 0. The molecule has 0 aliphatic rings. The average Bonchev–Trinajstić information content (AvgIpc) is 2.15. The summed E-state index contributed by atoms with van der Waals surface area (Å²) in [5.41, 5.74) is 0.0502. The van der Waals surface area contributed by atoms with Gasteiger partial charge in [-0.05, 0) is 38.5 Å². The second-order valence-electron chi connectivity index (χ2n) is 4.65. The SMILES string of the molecule is CC(C)(C)OC(=O)C(C#N)c1cccc(Br)c1. The molecule has 17 heavy (non-hydrogen) atoms. The minimum Gasteiger partial charge on any atom is -0.459 e. The van der Waals surface area contributed by atoms with E-state index < -0.39 is 17.5 Å². The van der Waals surface area contributed by atoms with E-state index in [0.29, 0.717) is 5.56 Å². The van der Waals surface area contributed by atoms with Crippen molar-refractivity contribution < 1.29 is 9.53 Å². The number of hydrogen-bond acceptors (Lipinski definition) is 3. The van der Waals surface area contributed by atoms with Crippen LogP contribution in [0.2, 0.25) is 0 Å². The average molecular weight is 296 g/mol. The first-order valence-corrected chi connectivity index (χ1v) is 6.01. The quantitative estimate of drug-likeness (QED) is 0.786. The van der Waals surface area contributed by atoms with Gasteiger partial charge in [0.1, 0.15) is 5.60 Å². The fraction of sp³-hybridized carbons (Fsp3) is 0.385. The highest BCUT2D eigenvalue weighted by molar-refractivity contribution is 9.10. The van der Waals surface area contributed by atoms with Gasteiger partial charge in [0.2, 0.25) is 0 Å². The Morgan fingerprint density at radius 2 is 2.12 bits per heavy atom. The number of carbonyl (C=O) groups excluding carboxylic acids is 1. The van der Waals surface area contributed by atoms with Crippen LogP contribution >= 0.6 is 15.9 Å². The van der Waals surface area contributed by atoms with E-state index in [0.717, 1.165) is 4.47 Å². The minimum atomic E-state index is -0.883. The molecule has 0 N–H and O–H groups in total. The molecular weight excluding hydrogens is 282 g/mol. The highest BCUT2D eigenvalue weighted by atomic mass is 79.9. The fourth-order valence-corrected chi connectivity index (χ4v) is 1.73. The van der Waals surface area contributed by atoms with Crippen LogP contribution in [0.25, 0.3) is 0 Å². The first-order valence-electron chi connectivity index (χ1n) is 5.21. The summed E-state index contributed by atoms with van der Waals surface area (Å²) < 4.78 is 6.04. The lowest BCUT2D eigenvalue weighted by atomic mass is 10.0. The topological polar surface area (TPSA) is 50.1 Å². The normalized spacial score (nSPS) is 12.6. The van der Waals surface area contributed by atoms with E-state index in [2.05, 4.69) is 15.9 Å². The summed E-state index contributed by atoms with van der Waals surface area (Å²) in [6, 6.07) is 9.09. The van der Waals surface area contributed by atoms with Gasteiger partial charge in [-0.1, -0.05) is 28.1 Å². The molecule has 0 saturated carbocycles. The molecule has 1 rings (SSSR count). The smallest absolute Gasteiger partial charge is 0.328 e. The zero-order valence-electron chi connectivity index (χ0n) is 10.0. The number of esters is 1. The van der Waals surface area contributed by atoms with Crippen LogP contribution in [0.5, 0.6) is 0 Å². The number of nitriles is 1. The van der Waals surface area contributed by atoms with Crippen LogP contribution in [-0.2, 0) is 9.53 Å². The molecule has 4 heteroatoms. The standard InChI is InChI=1S/C13H14BrNO2/c1-13(2,3)17-12(16)11(8-15)9-5-4-6-10(14)7-9/h4-7,11H,1-3H3. The van der Waals surface area contributed by atoms with Crippen molar-refractivity contribution in [3.8, 4) is 6.07 Å². The molecule has 0 amide bonds. The number of halogens is 1. The van der Waals surface area contributed by atoms with E-state index in [-0.39, 0.29) is 0 Å². The van der Waals surface area contributed by atoms with Gasteiger partial charge in [-0.25, -0.2) is 0 Å². The van der Waals surface area contributed by atoms with Crippen molar-refractivity contribution in [1.82, 2.24) is 0 Å². The lowest BCUT2D eigenvalue weighted by Gasteiger charge is -2.21. The Bertz CT molecular complexity index is 457. The van der Waals surface area contributed by atoms with E-state index in [1.165, 1.54) is 0 Å². The molecule has 0 saturated heterocycles. The summed E-state index contributed by atoms with van der Waals surface area (Å²) in [5.74, 6) is -1.40. The van der Waals surface area contributed by atoms with Crippen molar-refractivity contribution in [3.05, 3.63) is 34.3 Å². The predicted octanol–water partition coefficient (Wildman–Crippen LogP) is 3.40. The van der Waals surface area contributed by atoms with Crippen LogP contribution in [0.4, 0.5) is 0 Å². The third-order valence-electron chi connectivity index (χ3n) is 1.95. The van der Waals surface area contributed by atoms with Crippen molar-refractivity contribution in [2.45, 2.75) is 32.3 Å². The summed E-state index contributed by atoms with van der Waals surface area (Å²) in [6.45, 7) is 5.33. The molecule has 0 heterocycles. The van der Waals surface area contributed by atoms with E-state index in [1.807, 2.05) is 12.1 Å². The van der Waals surface area contributed by atoms with Gasteiger partial charge in [0.05, 0.1) is 6.07 Å². The van der Waals surface area contributed by atoms with Gasteiger partial charge < -0.3 is 4.74 Å². The summed E-state index contributed by atoms with van der Waals surface area (Å²) in [4.78, 5) is 11.8. The maximum Gasteiger partial charge on any atom is 0.328 e. The Morgan fingerprint density at radius 1 is 1.47 bits per heavy atom. The van der Waals surface area contributed by atoms with Gasteiger partial charge in [0.25, 0.3) is 0 Å².